The summed E-state index contributed by atoms with van der Waals surface area (Å²) >= 11 is 2.01. The Morgan fingerprint density at radius 1 is 1.47 bits per heavy atom. The van der Waals surface area contributed by atoms with Crippen molar-refractivity contribution in [2.75, 3.05) is 18.9 Å². The average Bonchev–Trinajstić information content (AvgIpc) is 2.38. The Hall–Kier alpha value is -0.420. The molecule has 1 aliphatic carbocycles. The maximum absolute atomic E-state index is 11.8. The van der Waals surface area contributed by atoms with Crippen LogP contribution >= 0.6 is 11.8 Å². The van der Waals surface area contributed by atoms with Crippen LogP contribution in [-0.4, -0.2) is 41.3 Å². The van der Waals surface area contributed by atoms with Crippen LogP contribution in [0.4, 0.5) is 4.79 Å². The second kappa shape index (κ2) is 9.48. The van der Waals surface area contributed by atoms with E-state index < -0.39 is 0 Å². The molecular weight excluding hydrogens is 260 g/mol. The molecular formula is C14H28N2O2S. The van der Waals surface area contributed by atoms with Gasteiger partial charge >= 0.3 is 6.03 Å². The molecule has 1 saturated carbocycles. The molecule has 3 unspecified atom stereocenters. The molecule has 0 aliphatic heterocycles. The standard InChI is InChI=1S/C14H28N2O2S/c1-3-19-13-6-4-5-12(9-13)16-14(18)15-10-11(2)7-8-17/h11-13,17H,3-10H2,1-2H3,(H2,15,16,18). The van der Waals surface area contributed by atoms with Crippen molar-refractivity contribution in [2.24, 2.45) is 5.92 Å². The van der Waals surface area contributed by atoms with Gasteiger partial charge in [-0.15, -0.1) is 0 Å². The first-order valence-electron chi connectivity index (χ1n) is 7.42. The molecule has 0 heterocycles. The van der Waals surface area contributed by atoms with E-state index in [4.69, 9.17) is 5.11 Å². The number of aliphatic hydroxyl groups is 1. The van der Waals surface area contributed by atoms with Gasteiger partial charge in [0.2, 0.25) is 0 Å². The lowest BCUT2D eigenvalue weighted by Crippen LogP contribution is -2.45. The average molecular weight is 288 g/mol. The SMILES string of the molecule is CCSC1CCCC(NC(=O)NCC(C)CCO)C1. The minimum Gasteiger partial charge on any atom is -0.396 e. The van der Waals surface area contributed by atoms with Gasteiger partial charge < -0.3 is 15.7 Å². The number of carbonyl (C=O) groups is 1. The maximum Gasteiger partial charge on any atom is 0.315 e. The number of nitrogens with one attached hydrogen (secondary N) is 2. The molecule has 5 heteroatoms. The van der Waals surface area contributed by atoms with Crippen LogP contribution in [0.3, 0.4) is 0 Å². The van der Waals surface area contributed by atoms with E-state index in [1.165, 1.54) is 12.8 Å². The van der Waals surface area contributed by atoms with Crippen LogP contribution in [0.1, 0.15) is 46.0 Å². The molecule has 0 bridgehead atoms. The van der Waals surface area contributed by atoms with Crippen molar-refractivity contribution in [2.45, 2.75) is 57.2 Å². The Bertz CT molecular complexity index is 262. The van der Waals surface area contributed by atoms with Gasteiger partial charge in [0, 0.05) is 24.4 Å². The predicted octanol–water partition coefficient (Wildman–Crippen LogP) is 2.37. The molecule has 1 aliphatic rings. The van der Waals surface area contributed by atoms with Gasteiger partial charge in [-0.2, -0.15) is 11.8 Å². The molecule has 0 spiro atoms. The van der Waals surface area contributed by atoms with Gasteiger partial charge in [0.1, 0.15) is 0 Å². The fourth-order valence-electron chi connectivity index (χ4n) is 2.49. The fourth-order valence-corrected chi connectivity index (χ4v) is 3.66. The molecule has 2 amide bonds. The number of hydrogen-bond acceptors (Lipinski definition) is 3. The third-order valence-corrected chi connectivity index (χ3v) is 4.83. The Kier molecular flexibility index (Phi) is 8.30. The van der Waals surface area contributed by atoms with Gasteiger partial charge in [-0.3, -0.25) is 0 Å². The summed E-state index contributed by atoms with van der Waals surface area (Å²) in [5.74, 6) is 1.48. The summed E-state index contributed by atoms with van der Waals surface area (Å²) in [5.41, 5.74) is 0. The summed E-state index contributed by atoms with van der Waals surface area (Å²) < 4.78 is 0. The maximum atomic E-state index is 11.8. The first-order chi connectivity index (χ1) is 9.15. The summed E-state index contributed by atoms with van der Waals surface area (Å²) in [6.07, 6.45) is 5.42. The van der Waals surface area contributed by atoms with E-state index in [1.54, 1.807) is 0 Å². The molecule has 0 aromatic carbocycles. The molecule has 1 rings (SSSR count). The summed E-state index contributed by atoms with van der Waals surface area (Å²) in [4.78, 5) is 11.8. The van der Waals surface area contributed by atoms with Crippen LogP contribution < -0.4 is 10.6 Å². The molecule has 3 N–H and O–H groups in total. The Labute approximate surface area is 121 Å². The monoisotopic (exact) mass is 288 g/mol. The predicted molar refractivity (Wildman–Crippen MR) is 81.6 cm³/mol. The number of carbonyl (C=O) groups excluding carboxylic acids is 1. The first-order valence-corrected chi connectivity index (χ1v) is 8.47. The largest absolute Gasteiger partial charge is 0.396 e. The van der Waals surface area contributed by atoms with E-state index in [0.29, 0.717) is 23.8 Å². The zero-order chi connectivity index (χ0) is 14.1. The van der Waals surface area contributed by atoms with Crippen molar-refractivity contribution in [1.82, 2.24) is 10.6 Å². The van der Waals surface area contributed by atoms with Crippen molar-refractivity contribution < 1.29 is 9.90 Å². The lowest BCUT2D eigenvalue weighted by atomic mass is 9.95. The van der Waals surface area contributed by atoms with Crippen molar-refractivity contribution in [3.63, 3.8) is 0 Å². The lowest BCUT2D eigenvalue weighted by molar-refractivity contribution is 0.227. The summed E-state index contributed by atoms with van der Waals surface area (Å²) in [6.45, 7) is 5.04. The van der Waals surface area contributed by atoms with E-state index in [2.05, 4.69) is 17.6 Å². The highest BCUT2D eigenvalue weighted by molar-refractivity contribution is 7.99. The summed E-state index contributed by atoms with van der Waals surface area (Å²) in [5, 5.41) is 15.5. The second-order valence-corrected chi connectivity index (χ2v) is 6.99. The molecule has 1 fully saturated rings. The quantitative estimate of drug-likeness (QED) is 0.674. The van der Waals surface area contributed by atoms with Crippen molar-refractivity contribution in [3.8, 4) is 0 Å². The number of rotatable bonds is 7. The smallest absolute Gasteiger partial charge is 0.315 e. The zero-order valence-electron chi connectivity index (χ0n) is 12.2. The topological polar surface area (TPSA) is 61.4 Å². The van der Waals surface area contributed by atoms with Crippen LogP contribution in [0.5, 0.6) is 0 Å². The van der Waals surface area contributed by atoms with Gasteiger partial charge in [0.15, 0.2) is 0 Å². The molecule has 0 aromatic heterocycles. The molecule has 0 saturated heterocycles. The molecule has 4 nitrogen and oxygen atoms in total. The van der Waals surface area contributed by atoms with Crippen molar-refractivity contribution in [1.29, 1.82) is 0 Å². The van der Waals surface area contributed by atoms with Crippen LogP contribution in [0.25, 0.3) is 0 Å². The Balaban J connectivity index is 2.20. The first kappa shape index (κ1) is 16.6. The third kappa shape index (κ3) is 7.06. The number of urea groups is 1. The van der Waals surface area contributed by atoms with E-state index in [1.807, 2.05) is 18.7 Å². The fraction of sp³-hybridized carbons (Fsp3) is 0.929. The molecule has 0 radical (unpaired) electrons. The molecule has 3 atom stereocenters. The minimum absolute atomic E-state index is 0.0584. The van der Waals surface area contributed by atoms with Gasteiger partial charge in [0.25, 0.3) is 0 Å². The number of aliphatic hydroxyl groups excluding tert-OH is 1. The lowest BCUT2D eigenvalue weighted by Gasteiger charge is -2.29. The zero-order valence-corrected chi connectivity index (χ0v) is 13.0. The minimum atomic E-state index is -0.0584. The third-order valence-electron chi connectivity index (χ3n) is 3.60. The number of thioether (sulfide) groups is 1. The van der Waals surface area contributed by atoms with E-state index in [9.17, 15) is 4.79 Å². The van der Waals surface area contributed by atoms with Crippen LogP contribution in [0, 0.1) is 5.92 Å². The Morgan fingerprint density at radius 2 is 2.26 bits per heavy atom. The summed E-state index contributed by atoms with van der Waals surface area (Å²) in [7, 11) is 0. The van der Waals surface area contributed by atoms with Gasteiger partial charge in [0.05, 0.1) is 0 Å². The normalized spacial score (nSPS) is 24.8. The molecule has 19 heavy (non-hydrogen) atoms. The second-order valence-electron chi connectivity index (χ2n) is 5.41. The van der Waals surface area contributed by atoms with Crippen molar-refractivity contribution in [3.05, 3.63) is 0 Å². The van der Waals surface area contributed by atoms with Crippen LogP contribution in [-0.2, 0) is 0 Å². The number of hydrogen-bond donors (Lipinski definition) is 3. The highest BCUT2D eigenvalue weighted by Crippen LogP contribution is 2.28. The van der Waals surface area contributed by atoms with E-state index in [-0.39, 0.29) is 12.6 Å². The molecule has 112 valence electrons. The van der Waals surface area contributed by atoms with Crippen LogP contribution in [0.15, 0.2) is 0 Å². The highest BCUT2D eigenvalue weighted by atomic mass is 32.2. The highest BCUT2D eigenvalue weighted by Gasteiger charge is 2.23. The van der Waals surface area contributed by atoms with Crippen molar-refractivity contribution >= 4 is 17.8 Å². The van der Waals surface area contributed by atoms with Gasteiger partial charge in [-0.1, -0.05) is 20.3 Å². The van der Waals surface area contributed by atoms with E-state index in [0.717, 1.165) is 25.0 Å². The van der Waals surface area contributed by atoms with Crippen LogP contribution in [0.2, 0.25) is 0 Å². The number of amides is 2. The van der Waals surface area contributed by atoms with Gasteiger partial charge in [-0.25, -0.2) is 4.79 Å². The Morgan fingerprint density at radius 3 is 2.95 bits per heavy atom. The summed E-state index contributed by atoms with van der Waals surface area (Å²) in [6, 6.07) is 0.267. The van der Waals surface area contributed by atoms with Gasteiger partial charge in [-0.05, 0) is 37.4 Å². The van der Waals surface area contributed by atoms with E-state index >= 15 is 0 Å². The molecule has 0 aromatic rings.